The van der Waals surface area contributed by atoms with Crippen LogP contribution >= 0.6 is 0 Å². The molecule has 0 amide bonds. The van der Waals surface area contributed by atoms with E-state index in [4.69, 9.17) is 9.47 Å². The third-order valence-electron chi connectivity index (χ3n) is 13.4. The smallest absolute Gasteiger partial charge is 0.260 e. The second-order valence-corrected chi connectivity index (χ2v) is 17.3. The molecular formula is C62H40BNO2. The first kappa shape index (κ1) is 37.9. The largest absolute Gasteiger partial charge is 0.458 e. The molecule has 11 aromatic carbocycles. The molecule has 13 rings (SSSR count). The van der Waals surface area contributed by atoms with E-state index < -0.39 is 0 Å². The lowest BCUT2D eigenvalue weighted by Crippen LogP contribution is -2.57. The number of hydrogen-bond acceptors (Lipinski definition) is 3. The van der Waals surface area contributed by atoms with Crippen LogP contribution in [0.3, 0.4) is 0 Å². The zero-order valence-electron chi connectivity index (χ0n) is 35.9. The molecule has 4 heteroatoms. The van der Waals surface area contributed by atoms with Gasteiger partial charge in [0.05, 0.1) is 5.69 Å². The van der Waals surface area contributed by atoms with Gasteiger partial charge in [-0.2, -0.15) is 0 Å². The first-order valence-electron chi connectivity index (χ1n) is 22.6. The summed E-state index contributed by atoms with van der Waals surface area (Å²) in [7, 11) is 0. The molecule has 0 saturated carbocycles. The van der Waals surface area contributed by atoms with Gasteiger partial charge in [0, 0.05) is 29.0 Å². The number of rotatable bonds is 7. The predicted molar refractivity (Wildman–Crippen MR) is 276 cm³/mol. The summed E-state index contributed by atoms with van der Waals surface area (Å²) in [4.78, 5) is 2.31. The van der Waals surface area contributed by atoms with Crippen molar-refractivity contribution in [2.45, 2.75) is 0 Å². The van der Waals surface area contributed by atoms with Gasteiger partial charge in [0.1, 0.15) is 23.0 Å². The fourth-order valence-electron chi connectivity index (χ4n) is 10.0. The van der Waals surface area contributed by atoms with Gasteiger partial charge in [-0.15, -0.1) is 0 Å². The summed E-state index contributed by atoms with van der Waals surface area (Å²) in [5.41, 5.74) is 15.4. The summed E-state index contributed by atoms with van der Waals surface area (Å²) in [5, 5.41) is 4.87. The topological polar surface area (TPSA) is 21.7 Å². The van der Waals surface area contributed by atoms with Gasteiger partial charge >= 0.3 is 0 Å². The Morgan fingerprint density at radius 3 is 1.08 bits per heavy atom. The number of benzene rings is 11. The Morgan fingerprint density at radius 2 is 0.621 bits per heavy atom. The highest BCUT2D eigenvalue weighted by molar-refractivity contribution is 6.98. The number of nitrogens with zero attached hydrogens (tertiary/aromatic N) is 1. The van der Waals surface area contributed by atoms with Crippen LogP contribution in [0.5, 0.6) is 23.0 Å². The number of anilines is 3. The molecule has 11 aromatic rings. The van der Waals surface area contributed by atoms with Crippen LogP contribution in [0.15, 0.2) is 243 Å². The highest BCUT2D eigenvalue weighted by Crippen LogP contribution is 2.44. The first-order chi connectivity index (χ1) is 32.7. The molecule has 3 nitrogen and oxygen atoms in total. The van der Waals surface area contributed by atoms with Crippen molar-refractivity contribution in [1.82, 2.24) is 0 Å². The van der Waals surface area contributed by atoms with Crippen LogP contribution in [0.4, 0.5) is 17.1 Å². The van der Waals surface area contributed by atoms with Crippen molar-refractivity contribution in [3.05, 3.63) is 243 Å². The molecule has 0 aromatic heterocycles. The van der Waals surface area contributed by atoms with Gasteiger partial charge in [-0.3, -0.25) is 0 Å². The van der Waals surface area contributed by atoms with Crippen LogP contribution in [-0.2, 0) is 0 Å². The second-order valence-electron chi connectivity index (χ2n) is 17.3. The standard InChI is InChI=1S/C62H40BNO2/c1-3-11-41(12-4-1)45-23-29-53(30-24-45)64(54-31-25-46(26-32-54)42-13-5-2-6-14-42)55-39-60-62-61(40-55)66-59-38-52(50-22-20-44-16-8-10-18-48(44)36-50)28-34-57(59)63(62)56-33-27-51(37-58(56)65-60)49-21-19-43-15-7-9-17-47(43)35-49/h1-40H. The van der Waals surface area contributed by atoms with E-state index in [0.29, 0.717) is 0 Å². The van der Waals surface area contributed by atoms with Gasteiger partial charge < -0.3 is 14.4 Å². The molecule has 0 fully saturated rings. The summed E-state index contributed by atoms with van der Waals surface area (Å²) in [6.45, 7) is -0.100. The molecular weight excluding hydrogens is 801 g/mol. The molecule has 0 radical (unpaired) electrons. The molecule has 0 saturated heterocycles. The fourth-order valence-corrected chi connectivity index (χ4v) is 10.0. The van der Waals surface area contributed by atoms with Crippen LogP contribution in [0.1, 0.15) is 0 Å². The van der Waals surface area contributed by atoms with E-state index >= 15 is 0 Å². The van der Waals surface area contributed by atoms with Crippen LogP contribution in [-0.4, -0.2) is 6.71 Å². The molecule has 0 aliphatic carbocycles. The monoisotopic (exact) mass is 841 g/mol. The Labute approximate surface area is 384 Å². The highest BCUT2D eigenvalue weighted by atomic mass is 16.5. The van der Waals surface area contributed by atoms with E-state index in [-0.39, 0.29) is 6.71 Å². The lowest BCUT2D eigenvalue weighted by atomic mass is 9.34. The number of fused-ring (bicyclic) bond motifs is 6. The first-order valence-corrected chi connectivity index (χ1v) is 22.6. The fraction of sp³-hybridized carbons (Fsp3) is 0. The normalized spacial score (nSPS) is 12.2. The third-order valence-corrected chi connectivity index (χ3v) is 13.4. The summed E-state index contributed by atoms with van der Waals surface area (Å²) in [6.07, 6.45) is 0. The van der Waals surface area contributed by atoms with Gasteiger partial charge in [-0.25, -0.2) is 0 Å². The Bertz CT molecular complexity index is 3410. The van der Waals surface area contributed by atoms with Gasteiger partial charge in [0.15, 0.2) is 0 Å². The molecule has 308 valence electrons. The summed E-state index contributed by atoms with van der Waals surface area (Å²) in [6, 6.07) is 87.0. The molecule has 2 heterocycles. The third kappa shape index (κ3) is 6.62. The van der Waals surface area contributed by atoms with Crippen LogP contribution in [0, 0.1) is 0 Å². The van der Waals surface area contributed by atoms with Crippen molar-refractivity contribution in [2.75, 3.05) is 4.90 Å². The molecule has 0 unspecified atom stereocenters. The second kappa shape index (κ2) is 15.6. The van der Waals surface area contributed by atoms with Crippen LogP contribution < -0.4 is 30.8 Å². The van der Waals surface area contributed by atoms with E-state index in [9.17, 15) is 0 Å². The quantitative estimate of drug-likeness (QED) is 0.149. The van der Waals surface area contributed by atoms with E-state index in [1.807, 2.05) is 0 Å². The Balaban J connectivity index is 0.976. The molecule has 0 atom stereocenters. The van der Waals surface area contributed by atoms with Gasteiger partial charge in [-0.1, -0.05) is 182 Å². The molecule has 2 aliphatic heterocycles. The SMILES string of the molecule is c1ccc(-c2ccc(N(c3ccc(-c4ccccc4)cc3)c3cc4c5c(c3)Oc3cc(-c6ccc7ccccc7c6)ccc3B5c3ccc(-c5ccc6ccccc6c5)cc3O4)cc2)cc1. The van der Waals surface area contributed by atoms with Crippen molar-refractivity contribution in [1.29, 1.82) is 0 Å². The maximum absolute atomic E-state index is 7.13. The molecule has 0 spiro atoms. The van der Waals surface area contributed by atoms with Crippen molar-refractivity contribution < 1.29 is 9.47 Å². The van der Waals surface area contributed by atoms with Crippen molar-refractivity contribution >= 4 is 61.7 Å². The maximum Gasteiger partial charge on any atom is 0.260 e. The maximum atomic E-state index is 7.13. The van der Waals surface area contributed by atoms with Crippen molar-refractivity contribution in [2.24, 2.45) is 0 Å². The Morgan fingerprint density at radius 1 is 0.258 bits per heavy atom. The zero-order chi connectivity index (χ0) is 43.6. The Kier molecular flexibility index (Phi) is 8.95. The minimum atomic E-state index is -0.100. The molecule has 2 aliphatic rings. The molecule has 66 heavy (non-hydrogen) atoms. The van der Waals surface area contributed by atoms with Crippen LogP contribution in [0.2, 0.25) is 0 Å². The Hall–Kier alpha value is -8.60. The molecule has 0 bridgehead atoms. The van der Waals surface area contributed by atoms with E-state index in [1.165, 1.54) is 32.7 Å². The molecule has 0 N–H and O–H groups in total. The van der Waals surface area contributed by atoms with Gasteiger partial charge in [0.25, 0.3) is 6.71 Å². The highest BCUT2D eigenvalue weighted by Gasteiger charge is 2.41. The van der Waals surface area contributed by atoms with E-state index in [0.717, 1.165) is 89.8 Å². The minimum absolute atomic E-state index is 0.100. The average molecular weight is 842 g/mol. The van der Waals surface area contributed by atoms with Crippen molar-refractivity contribution in [3.8, 4) is 67.5 Å². The van der Waals surface area contributed by atoms with E-state index in [1.54, 1.807) is 0 Å². The zero-order valence-corrected chi connectivity index (χ0v) is 35.9. The van der Waals surface area contributed by atoms with Gasteiger partial charge in [-0.05, 0) is 126 Å². The lowest BCUT2D eigenvalue weighted by Gasteiger charge is -2.35. The van der Waals surface area contributed by atoms with Gasteiger partial charge in [0.2, 0.25) is 0 Å². The summed E-state index contributed by atoms with van der Waals surface area (Å²) in [5.74, 6) is 3.26. The number of ether oxygens (including phenoxy) is 2. The van der Waals surface area contributed by atoms with Crippen LogP contribution in [0.25, 0.3) is 66.1 Å². The predicted octanol–water partition coefficient (Wildman–Crippen LogP) is 14.9. The minimum Gasteiger partial charge on any atom is -0.458 e. The lowest BCUT2D eigenvalue weighted by molar-refractivity contribution is 0.465. The summed E-state index contributed by atoms with van der Waals surface area (Å²) < 4.78 is 14.3. The average Bonchev–Trinajstić information content (AvgIpc) is 3.39. The number of hydrogen-bond donors (Lipinski definition) is 0. The summed E-state index contributed by atoms with van der Waals surface area (Å²) >= 11 is 0. The van der Waals surface area contributed by atoms with Crippen molar-refractivity contribution in [3.63, 3.8) is 0 Å². The van der Waals surface area contributed by atoms with E-state index in [2.05, 4.69) is 248 Å².